The zero-order chi connectivity index (χ0) is 16.9. The smallest absolute Gasteiger partial charge is 0.330 e. The van der Waals surface area contributed by atoms with E-state index in [4.69, 9.17) is 4.74 Å². The minimum absolute atomic E-state index is 0.323. The Balaban J connectivity index is 2.88. The minimum atomic E-state index is -3.59. The van der Waals surface area contributed by atoms with Gasteiger partial charge < -0.3 is 15.2 Å². The number of rotatable bonds is 7. The third kappa shape index (κ3) is 4.73. The monoisotopic (exact) mass is 329 g/mol. The van der Waals surface area contributed by atoms with Crippen LogP contribution in [0, 0.1) is 0 Å². The molecule has 0 saturated carbocycles. The summed E-state index contributed by atoms with van der Waals surface area (Å²) >= 11 is 0. The van der Waals surface area contributed by atoms with Crippen LogP contribution in [0.2, 0.25) is 0 Å². The molecule has 0 aliphatic heterocycles. The van der Waals surface area contributed by atoms with E-state index in [1.165, 1.54) is 33.1 Å². The fourth-order valence-corrected chi connectivity index (χ4v) is 2.42. The molecule has 0 spiro atoms. The van der Waals surface area contributed by atoms with Gasteiger partial charge in [0.1, 0.15) is 11.5 Å². The molecule has 122 valence electrons. The molecule has 0 bridgehead atoms. The molecule has 22 heavy (non-hydrogen) atoms. The highest BCUT2D eigenvalue weighted by atomic mass is 32.2. The molecular formula is C14H19NO6S. The Bertz CT molecular complexity index is 636. The third-order valence-electron chi connectivity index (χ3n) is 3.05. The molecule has 1 amide bonds. The van der Waals surface area contributed by atoms with Crippen LogP contribution in [0.5, 0.6) is 5.75 Å². The average molecular weight is 329 g/mol. The van der Waals surface area contributed by atoms with Crippen LogP contribution in [-0.4, -0.2) is 43.5 Å². The Morgan fingerprint density at radius 3 is 2.18 bits per heavy atom. The van der Waals surface area contributed by atoms with Crippen LogP contribution >= 0.6 is 0 Å². The van der Waals surface area contributed by atoms with Crippen molar-refractivity contribution in [2.45, 2.75) is 25.1 Å². The number of aliphatic carboxylic acids is 1. The van der Waals surface area contributed by atoms with E-state index in [0.717, 1.165) is 0 Å². The maximum atomic E-state index is 11.8. The van der Waals surface area contributed by atoms with Crippen LogP contribution in [-0.2, 0) is 19.4 Å². The van der Waals surface area contributed by atoms with Crippen molar-refractivity contribution in [1.82, 2.24) is 5.32 Å². The number of hydrogen-bond donors (Lipinski definition) is 2. The fraction of sp³-hybridized carbons (Fsp3) is 0.429. The number of sulfone groups is 1. The molecule has 7 nitrogen and oxygen atoms in total. The zero-order valence-corrected chi connectivity index (χ0v) is 13.4. The molecule has 8 heteroatoms. The molecule has 1 atom stereocenters. The van der Waals surface area contributed by atoms with E-state index in [1.807, 2.05) is 0 Å². The summed E-state index contributed by atoms with van der Waals surface area (Å²) in [5, 5.41) is 10.7. The zero-order valence-electron chi connectivity index (χ0n) is 12.6. The summed E-state index contributed by atoms with van der Waals surface area (Å²) in [6.45, 7) is 2.92. The Morgan fingerprint density at radius 1 is 1.23 bits per heavy atom. The highest BCUT2D eigenvalue weighted by Gasteiger charge is 2.26. The number of ether oxygens (including phenoxy) is 1. The van der Waals surface area contributed by atoms with Crippen LogP contribution in [0.15, 0.2) is 24.3 Å². The third-order valence-corrected chi connectivity index (χ3v) is 5.15. The summed E-state index contributed by atoms with van der Waals surface area (Å²) in [7, 11) is -2.11. The van der Waals surface area contributed by atoms with E-state index in [2.05, 4.69) is 5.32 Å². The molecule has 0 saturated heterocycles. The number of carbonyl (C=O) groups excluding carboxylic acids is 1. The first kappa shape index (κ1) is 18.0. The van der Waals surface area contributed by atoms with E-state index in [-0.39, 0.29) is 0 Å². The molecule has 0 aliphatic carbocycles. The van der Waals surface area contributed by atoms with Gasteiger partial charge in [-0.2, -0.15) is 0 Å². The van der Waals surface area contributed by atoms with Gasteiger partial charge >= 0.3 is 5.97 Å². The van der Waals surface area contributed by atoms with Crippen molar-refractivity contribution in [3.63, 3.8) is 0 Å². The first-order chi connectivity index (χ1) is 10.2. The Morgan fingerprint density at radius 2 is 1.77 bits per heavy atom. The van der Waals surface area contributed by atoms with Gasteiger partial charge in [-0.25, -0.2) is 13.2 Å². The molecule has 1 unspecified atom stereocenters. The number of benzene rings is 1. The Hall–Kier alpha value is -2.09. The minimum Gasteiger partial charge on any atom is -0.497 e. The van der Waals surface area contributed by atoms with Gasteiger partial charge in [-0.15, -0.1) is 0 Å². The first-order valence-corrected chi connectivity index (χ1v) is 8.26. The van der Waals surface area contributed by atoms with E-state index < -0.39 is 38.8 Å². The highest BCUT2D eigenvalue weighted by molar-refractivity contribution is 7.92. The van der Waals surface area contributed by atoms with E-state index in [9.17, 15) is 23.1 Å². The number of nitrogens with one attached hydrogen (secondary N) is 1. The van der Waals surface area contributed by atoms with Gasteiger partial charge in [0, 0.05) is 0 Å². The van der Waals surface area contributed by atoms with Crippen LogP contribution in [0.3, 0.4) is 0 Å². The number of carboxylic acid groups (broad SMARTS) is 1. The number of hydrogen-bond acceptors (Lipinski definition) is 5. The maximum Gasteiger partial charge on any atom is 0.330 e. The molecule has 1 rings (SSSR count). The van der Waals surface area contributed by atoms with Gasteiger partial charge in [0.25, 0.3) is 0 Å². The van der Waals surface area contributed by atoms with Crippen molar-refractivity contribution in [3.05, 3.63) is 29.8 Å². The Kier molecular flexibility index (Phi) is 5.92. The van der Waals surface area contributed by atoms with Crippen LogP contribution in [0.4, 0.5) is 0 Å². The largest absolute Gasteiger partial charge is 0.497 e. The van der Waals surface area contributed by atoms with Crippen molar-refractivity contribution >= 4 is 21.7 Å². The van der Waals surface area contributed by atoms with Crippen molar-refractivity contribution in [3.8, 4) is 5.75 Å². The maximum absolute atomic E-state index is 11.8. The second kappa shape index (κ2) is 7.26. The second-order valence-corrected chi connectivity index (χ2v) is 7.53. The molecule has 0 heterocycles. The topological polar surface area (TPSA) is 110 Å². The number of carboxylic acids is 1. The SMILES string of the molecule is COc1ccc(C(NC(=O)CS(=O)(=O)C(C)C)C(=O)O)cc1. The second-order valence-electron chi connectivity index (χ2n) is 4.97. The summed E-state index contributed by atoms with van der Waals surface area (Å²) < 4.78 is 28.3. The normalized spacial score (nSPS) is 12.7. The van der Waals surface area contributed by atoms with Gasteiger partial charge in [0.05, 0.1) is 12.4 Å². The average Bonchev–Trinajstić information content (AvgIpc) is 2.44. The molecular weight excluding hydrogens is 310 g/mol. The molecule has 0 fully saturated rings. The van der Waals surface area contributed by atoms with Gasteiger partial charge in [-0.1, -0.05) is 12.1 Å². The van der Waals surface area contributed by atoms with Gasteiger partial charge in [-0.05, 0) is 31.5 Å². The molecule has 1 aromatic rings. The lowest BCUT2D eigenvalue weighted by molar-refractivity contribution is -0.141. The summed E-state index contributed by atoms with van der Waals surface area (Å²) in [6.07, 6.45) is 0. The lowest BCUT2D eigenvalue weighted by Gasteiger charge is -2.16. The summed E-state index contributed by atoms with van der Waals surface area (Å²) in [5.41, 5.74) is 0.323. The molecule has 2 N–H and O–H groups in total. The quantitative estimate of drug-likeness (QED) is 0.764. The lowest BCUT2D eigenvalue weighted by atomic mass is 10.1. The van der Waals surface area contributed by atoms with Crippen molar-refractivity contribution in [1.29, 1.82) is 0 Å². The van der Waals surface area contributed by atoms with Crippen molar-refractivity contribution in [2.75, 3.05) is 12.9 Å². The van der Waals surface area contributed by atoms with Crippen molar-refractivity contribution in [2.24, 2.45) is 0 Å². The van der Waals surface area contributed by atoms with Gasteiger partial charge in [0.15, 0.2) is 15.9 Å². The van der Waals surface area contributed by atoms with Gasteiger partial charge in [-0.3, -0.25) is 4.79 Å². The summed E-state index contributed by atoms with van der Waals surface area (Å²) in [5.74, 6) is -2.33. The summed E-state index contributed by atoms with van der Waals surface area (Å²) in [4.78, 5) is 23.1. The molecule has 0 aliphatic rings. The van der Waals surface area contributed by atoms with E-state index >= 15 is 0 Å². The van der Waals surface area contributed by atoms with E-state index in [1.54, 1.807) is 12.1 Å². The van der Waals surface area contributed by atoms with Crippen LogP contribution < -0.4 is 10.1 Å². The molecule has 0 aromatic heterocycles. The summed E-state index contributed by atoms with van der Waals surface area (Å²) in [6, 6.07) is 4.79. The van der Waals surface area contributed by atoms with E-state index in [0.29, 0.717) is 11.3 Å². The number of amides is 1. The number of carbonyl (C=O) groups is 2. The standard InChI is InChI=1S/C14H19NO6S/c1-9(2)22(19,20)8-12(16)15-13(14(17)18)10-4-6-11(21-3)7-5-10/h4-7,9,13H,8H2,1-3H3,(H,15,16)(H,17,18). The first-order valence-electron chi connectivity index (χ1n) is 6.55. The lowest BCUT2D eigenvalue weighted by Crippen LogP contribution is -2.38. The predicted octanol–water partition coefficient (Wildman–Crippen LogP) is 0.760. The predicted molar refractivity (Wildman–Crippen MR) is 80.4 cm³/mol. The Labute approximate surface area is 129 Å². The molecule has 0 radical (unpaired) electrons. The number of methoxy groups -OCH3 is 1. The van der Waals surface area contributed by atoms with Crippen LogP contribution in [0.25, 0.3) is 0 Å². The highest BCUT2D eigenvalue weighted by Crippen LogP contribution is 2.18. The van der Waals surface area contributed by atoms with Crippen molar-refractivity contribution < 1.29 is 27.9 Å². The van der Waals surface area contributed by atoms with Crippen LogP contribution in [0.1, 0.15) is 25.5 Å². The van der Waals surface area contributed by atoms with Gasteiger partial charge in [0.2, 0.25) is 5.91 Å². The molecule has 1 aromatic carbocycles. The fourth-order valence-electron chi connectivity index (χ4n) is 1.64.